The van der Waals surface area contributed by atoms with Crippen LogP contribution in [0.5, 0.6) is 5.75 Å². The molecule has 0 aliphatic heterocycles. The maximum Gasteiger partial charge on any atom is 0.269 e. The molecule has 0 bridgehead atoms. The van der Waals surface area contributed by atoms with Crippen LogP contribution in [0.15, 0.2) is 96.1 Å². The molecule has 0 aliphatic carbocycles. The Morgan fingerprint density at radius 1 is 0.694 bits per heavy atom. The molecule has 0 atom stereocenters. The van der Waals surface area contributed by atoms with Gasteiger partial charge in [-0.25, -0.2) is 0 Å². The molecular weight excluding hydrogens is 456 g/mol. The first-order chi connectivity index (χ1) is 17.3. The number of carbonyl (C=O) groups is 2. The minimum atomic E-state index is -0.471. The Kier molecular flexibility index (Phi) is 7.06. The standard InChI is InChI=1S/C28H24N4O4/c1-17(2)19-5-9-22(10-6-19)27-31-32-28(36-27)23-11-7-20(8-12-23)25(33)29-30-26(34)21-13-15-24(16-14-21)35-18(3)4/h5-16H,1,3H2,2,4H3,(H,29,33)(H,30,34). The molecule has 8 heteroatoms. The van der Waals surface area contributed by atoms with Gasteiger partial charge in [-0.1, -0.05) is 30.9 Å². The van der Waals surface area contributed by atoms with E-state index < -0.39 is 11.8 Å². The highest BCUT2D eigenvalue weighted by Crippen LogP contribution is 2.25. The van der Waals surface area contributed by atoms with Crippen LogP contribution in [0.2, 0.25) is 0 Å². The first kappa shape index (κ1) is 24.2. The fourth-order valence-corrected chi connectivity index (χ4v) is 3.25. The molecule has 0 aliphatic rings. The molecule has 2 N–H and O–H groups in total. The van der Waals surface area contributed by atoms with Gasteiger partial charge in [0.2, 0.25) is 11.8 Å². The number of amides is 2. The predicted octanol–water partition coefficient (Wildman–Crippen LogP) is 5.42. The van der Waals surface area contributed by atoms with Crippen molar-refractivity contribution in [3.63, 3.8) is 0 Å². The Morgan fingerprint density at radius 3 is 1.53 bits per heavy atom. The number of hydrogen-bond donors (Lipinski definition) is 2. The van der Waals surface area contributed by atoms with Crippen molar-refractivity contribution >= 4 is 17.4 Å². The number of nitrogens with one attached hydrogen (secondary N) is 2. The third-order valence-corrected chi connectivity index (χ3v) is 5.14. The summed E-state index contributed by atoms with van der Waals surface area (Å²) in [6.45, 7) is 11.3. The SMILES string of the molecule is C=C(C)Oc1ccc(C(=O)NNC(=O)c2ccc(-c3nnc(-c4ccc(C(=C)C)cc4)o3)cc2)cc1. The van der Waals surface area contributed by atoms with Gasteiger partial charge >= 0.3 is 0 Å². The van der Waals surface area contributed by atoms with E-state index in [0.29, 0.717) is 40.0 Å². The first-order valence-electron chi connectivity index (χ1n) is 11.0. The van der Waals surface area contributed by atoms with E-state index in [-0.39, 0.29) is 0 Å². The second-order valence-corrected chi connectivity index (χ2v) is 8.08. The van der Waals surface area contributed by atoms with Crippen molar-refractivity contribution < 1.29 is 18.7 Å². The number of hydrazine groups is 1. The predicted molar refractivity (Wildman–Crippen MR) is 137 cm³/mol. The van der Waals surface area contributed by atoms with Gasteiger partial charge in [-0.2, -0.15) is 0 Å². The second-order valence-electron chi connectivity index (χ2n) is 8.08. The first-order valence-corrected chi connectivity index (χ1v) is 11.0. The monoisotopic (exact) mass is 480 g/mol. The second kappa shape index (κ2) is 10.5. The summed E-state index contributed by atoms with van der Waals surface area (Å²) in [5.74, 6) is 0.892. The lowest BCUT2D eigenvalue weighted by Crippen LogP contribution is -2.41. The van der Waals surface area contributed by atoms with Crippen molar-refractivity contribution in [2.75, 3.05) is 0 Å². The Morgan fingerprint density at radius 2 is 1.11 bits per heavy atom. The molecule has 0 radical (unpaired) electrons. The molecular formula is C28H24N4O4. The minimum absolute atomic E-state index is 0.327. The van der Waals surface area contributed by atoms with Crippen LogP contribution in [0.1, 0.15) is 40.1 Å². The molecule has 0 saturated carbocycles. The summed E-state index contributed by atoms with van der Waals surface area (Å²) < 4.78 is 11.2. The topological polar surface area (TPSA) is 106 Å². The van der Waals surface area contributed by atoms with Crippen molar-refractivity contribution in [3.05, 3.63) is 108 Å². The van der Waals surface area contributed by atoms with Crippen LogP contribution in [-0.2, 0) is 0 Å². The Hall–Kier alpha value is -4.98. The van der Waals surface area contributed by atoms with Crippen molar-refractivity contribution in [1.82, 2.24) is 21.0 Å². The molecule has 4 rings (SSSR count). The smallest absolute Gasteiger partial charge is 0.269 e. The molecule has 0 saturated heterocycles. The normalized spacial score (nSPS) is 10.4. The summed E-state index contributed by atoms with van der Waals surface area (Å²) in [7, 11) is 0. The van der Waals surface area contributed by atoms with Gasteiger partial charge in [0.05, 0.1) is 5.76 Å². The Labute approximate surface area is 208 Å². The van der Waals surface area contributed by atoms with Crippen LogP contribution in [0.3, 0.4) is 0 Å². The molecule has 0 fully saturated rings. The fraction of sp³-hybridized carbons (Fsp3) is 0.0714. The molecule has 1 aromatic heterocycles. The Bertz CT molecular complexity index is 1420. The van der Waals surface area contributed by atoms with E-state index in [1.54, 1.807) is 55.5 Å². The van der Waals surface area contributed by atoms with E-state index in [4.69, 9.17) is 9.15 Å². The highest BCUT2D eigenvalue weighted by atomic mass is 16.5. The number of carbonyl (C=O) groups excluding carboxylic acids is 2. The molecule has 3 aromatic carbocycles. The quantitative estimate of drug-likeness (QED) is 0.270. The molecule has 180 valence electrons. The number of ether oxygens (including phenoxy) is 1. The van der Waals surface area contributed by atoms with Crippen LogP contribution >= 0.6 is 0 Å². The summed E-state index contributed by atoms with van der Waals surface area (Å²) in [6, 6.07) is 20.7. The van der Waals surface area contributed by atoms with Crippen LogP contribution in [-0.4, -0.2) is 22.0 Å². The summed E-state index contributed by atoms with van der Waals surface area (Å²) in [6.07, 6.45) is 0. The van der Waals surface area contributed by atoms with Gasteiger partial charge < -0.3 is 9.15 Å². The highest BCUT2D eigenvalue weighted by Gasteiger charge is 2.13. The number of benzene rings is 3. The largest absolute Gasteiger partial charge is 0.463 e. The lowest BCUT2D eigenvalue weighted by Gasteiger charge is -2.09. The van der Waals surface area contributed by atoms with Gasteiger partial charge in [-0.05, 0) is 80.1 Å². The average Bonchev–Trinajstić information content (AvgIpc) is 3.38. The van der Waals surface area contributed by atoms with Gasteiger partial charge in [0.1, 0.15) is 5.75 Å². The lowest BCUT2D eigenvalue weighted by atomic mass is 10.1. The molecule has 0 unspecified atom stereocenters. The zero-order chi connectivity index (χ0) is 25.7. The molecule has 4 aromatic rings. The van der Waals surface area contributed by atoms with Gasteiger partial charge in [0, 0.05) is 22.3 Å². The van der Waals surface area contributed by atoms with Gasteiger partial charge in [0.25, 0.3) is 11.8 Å². The minimum Gasteiger partial charge on any atom is -0.463 e. The fourth-order valence-electron chi connectivity index (χ4n) is 3.25. The molecule has 0 spiro atoms. The van der Waals surface area contributed by atoms with E-state index in [1.807, 2.05) is 31.2 Å². The highest BCUT2D eigenvalue weighted by molar-refractivity contribution is 5.99. The summed E-state index contributed by atoms with van der Waals surface area (Å²) in [5, 5.41) is 8.22. The number of allylic oxidation sites excluding steroid dienone is 2. The molecule has 2 amide bonds. The van der Waals surface area contributed by atoms with E-state index in [9.17, 15) is 9.59 Å². The van der Waals surface area contributed by atoms with Crippen molar-refractivity contribution in [3.8, 4) is 28.7 Å². The van der Waals surface area contributed by atoms with Gasteiger partial charge in [0.15, 0.2) is 0 Å². The molecule has 8 nitrogen and oxygen atoms in total. The van der Waals surface area contributed by atoms with Crippen molar-refractivity contribution in [1.29, 1.82) is 0 Å². The molecule has 36 heavy (non-hydrogen) atoms. The zero-order valence-corrected chi connectivity index (χ0v) is 19.9. The number of aromatic nitrogens is 2. The van der Waals surface area contributed by atoms with E-state index in [1.165, 1.54) is 0 Å². The van der Waals surface area contributed by atoms with Gasteiger partial charge in [-0.3, -0.25) is 20.4 Å². The van der Waals surface area contributed by atoms with Gasteiger partial charge in [-0.15, -0.1) is 10.2 Å². The lowest BCUT2D eigenvalue weighted by molar-refractivity contribution is 0.0846. The summed E-state index contributed by atoms with van der Waals surface area (Å²) in [5.41, 5.74) is 8.96. The third-order valence-electron chi connectivity index (χ3n) is 5.14. The third kappa shape index (κ3) is 5.74. The Balaban J connectivity index is 1.36. The number of rotatable bonds is 7. The summed E-state index contributed by atoms with van der Waals surface area (Å²) >= 11 is 0. The van der Waals surface area contributed by atoms with Crippen LogP contribution in [0, 0.1) is 0 Å². The van der Waals surface area contributed by atoms with Crippen molar-refractivity contribution in [2.45, 2.75) is 13.8 Å². The zero-order valence-electron chi connectivity index (χ0n) is 19.9. The van der Waals surface area contributed by atoms with Crippen molar-refractivity contribution in [2.24, 2.45) is 0 Å². The van der Waals surface area contributed by atoms with Crippen LogP contribution in [0.25, 0.3) is 28.5 Å². The average molecular weight is 481 g/mol. The maximum absolute atomic E-state index is 12.5. The molecule has 1 heterocycles. The van der Waals surface area contributed by atoms with E-state index in [0.717, 1.165) is 16.7 Å². The number of hydrogen-bond acceptors (Lipinski definition) is 6. The van der Waals surface area contributed by atoms with E-state index >= 15 is 0 Å². The van der Waals surface area contributed by atoms with Crippen LogP contribution in [0.4, 0.5) is 0 Å². The van der Waals surface area contributed by atoms with Crippen LogP contribution < -0.4 is 15.6 Å². The van der Waals surface area contributed by atoms with E-state index in [2.05, 4.69) is 34.2 Å². The summed E-state index contributed by atoms with van der Waals surface area (Å²) in [4.78, 5) is 24.8. The maximum atomic E-state index is 12.5. The number of nitrogens with zero attached hydrogens (tertiary/aromatic N) is 2.